The second kappa shape index (κ2) is 4.37. The lowest BCUT2D eigenvalue weighted by atomic mass is 9.81. The third-order valence-electron chi connectivity index (χ3n) is 3.88. The Bertz CT molecular complexity index is 799. The van der Waals surface area contributed by atoms with Crippen molar-refractivity contribution in [1.29, 1.82) is 0 Å². The van der Waals surface area contributed by atoms with Crippen LogP contribution in [0.25, 0.3) is 21.8 Å². The average Bonchev–Trinajstić information content (AvgIpc) is 2.74. The second-order valence-corrected chi connectivity index (χ2v) is 5.89. The van der Waals surface area contributed by atoms with E-state index in [1.54, 1.807) is 0 Å². The Morgan fingerprint density at radius 1 is 1.10 bits per heavy atom. The second-order valence-electron chi connectivity index (χ2n) is 5.89. The summed E-state index contributed by atoms with van der Waals surface area (Å²) < 4.78 is 0. The zero-order valence-electron chi connectivity index (χ0n) is 11.6. The molecule has 0 saturated carbocycles. The number of carboxylic acids is 1. The van der Waals surface area contributed by atoms with Gasteiger partial charge in [0, 0.05) is 27.2 Å². The lowest BCUT2D eigenvalue weighted by Crippen LogP contribution is -2.21. The van der Waals surface area contributed by atoms with Gasteiger partial charge in [0.05, 0.1) is 6.42 Å². The molecule has 2 N–H and O–H groups in total. The van der Waals surface area contributed by atoms with Crippen LogP contribution in [0, 0.1) is 0 Å². The van der Waals surface area contributed by atoms with Crippen LogP contribution in [0.2, 0.25) is 0 Å². The van der Waals surface area contributed by atoms with Crippen molar-refractivity contribution in [2.24, 2.45) is 0 Å². The van der Waals surface area contributed by atoms with E-state index in [0.717, 1.165) is 22.0 Å². The number of H-pyrrole nitrogens is 1. The Morgan fingerprint density at radius 3 is 2.55 bits per heavy atom. The Balaban J connectivity index is 2.19. The quantitative estimate of drug-likeness (QED) is 0.751. The van der Waals surface area contributed by atoms with E-state index < -0.39 is 5.97 Å². The number of benzene rings is 2. The molecule has 0 bridgehead atoms. The molecule has 0 saturated heterocycles. The molecule has 0 aliphatic rings. The molecule has 2 aromatic carbocycles. The van der Waals surface area contributed by atoms with Gasteiger partial charge in [-0.25, -0.2) is 0 Å². The van der Waals surface area contributed by atoms with Crippen LogP contribution in [0.5, 0.6) is 0 Å². The minimum absolute atomic E-state index is 0.126. The fourth-order valence-corrected chi connectivity index (χ4v) is 2.75. The molecule has 3 nitrogen and oxygen atoms in total. The monoisotopic (exact) mass is 267 g/mol. The fourth-order valence-electron chi connectivity index (χ4n) is 2.75. The van der Waals surface area contributed by atoms with E-state index >= 15 is 0 Å². The standard InChI is InChI=1S/C17H17NO2/c1-17(2,10-16(19)20)11-7-8-15-13(9-11)12-5-3-4-6-14(12)18-15/h3-9,18H,10H2,1-2H3,(H,19,20). The molecule has 1 aromatic heterocycles. The van der Waals surface area contributed by atoms with E-state index in [0.29, 0.717) is 0 Å². The highest BCUT2D eigenvalue weighted by Gasteiger charge is 2.24. The highest BCUT2D eigenvalue weighted by atomic mass is 16.4. The number of aliphatic carboxylic acids is 1. The van der Waals surface area contributed by atoms with Gasteiger partial charge in [-0.1, -0.05) is 38.1 Å². The van der Waals surface area contributed by atoms with E-state index in [9.17, 15) is 4.79 Å². The fraction of sp³-hybridized carbons (Fsp3) is 0.235. The van der Waals surface area contributed by atoms with Gasteiger partial charge in [-0.2, -0.15) is 0 Å². The van der Waals surface area contributed by atoms with Gasteiger partial charge in [-0.15, -0.1) is 0 Å². The molecule has 0 amide bonds. The first-order valence-electron chi connectivity index (χ1n) is 6.70. The molecular weight excluding hydrogens is 250 g/mol. The summed E-state index contributed by atoms with van der Waals surface area (Å²) >= 11 is 0. The van der Waals surface area contributed by atoms with Crippen molar-refractivity contribution in [2.45, 2.75) is 25.7 Å². The summed E-state index contributed by atoms with van der Waals surface area (Å²) in [5.74, 6) is -0.769. The molecule has 102 valence electrons. The van der Waals surface area contributed by atoms with E-state index in [-0.39, 0.29) is 11.8 Å². The third kappa shape index (κ3) is 2.05. The summed E-state index contributed by atoms with van der Waals surface area (Å²) in [6.07, 6.45) is 0.126. The zero-order valence-corrected chi connectivity index (χ0v) is 11.6. The highest BCUT2D eigenvalue weighted by molar-refractivity contribution is 6.07. The van der Waals surface area contributed by atoms with Crippen LogP contribution < -0.4 is 0 Å². The zero-order chi connectivity index (χ0) is 14.3. The molecule has 0 fully saturated rings. The summed E-state index contributed by atoms with van der Waals surface area (Å²) in [6, 6.07) is 14.3. The third-order valence-corrected chi connectivity index (χ3v) is 3.88. The maximum Gasteiger partial charge on any atom is 0.304 e. The van der Waals surface area contributed by atoms with Gasteiger partial charge < -0.3 is 10.1 Å². The molecule has 0 spiro atoms. The number of para-hydroxylation sites is 1. The van der Waals surface area contributed by atoms with E-state index in [2.05, 4.69) is 23.2 Å². The Kier molecular flexibility index (Phi) is 2.78. The Hall–Kier alpha value is -2.29. The number of nitrogens with one attached hydrogen (secondary N) is 1. The van der Waals surface area contributed by atoms with Crippen molar-refractivity contribution in [2.75, 3.05) is 0 Å². The van der Waals surface area contributed by atoms with E-state index in [1.165, 1.54) is 5.39 Å². The molecule has 0 atom stereocenters. The largest absolute Gasteiger partial charge is 0.481 e. The summed E-state index contributed by atoms with van der Waals surface area (Å²) in [6.45, 7) is 3.94. The summed E-state index contributed by atoms with van der Waals surface area (Å²) in [4.78, 5) is 14.4. The van der Waals surface area contributed by atoms with Crippen LogP contribution in [-0.4, -0.2) is 16.1 Å². The SMILES string of the molecule is CC(C)(CC(=O)O)c1ccc2[nH]c3ccccc3c2c1. The van der Waals surface area contributed by atoms with Crippen molar-refractivity contribution in [3.8, 4) is 0 Å². The molecule has 0 aliphatic heterocycles. The maximum absolute atomic E-state index is 11.0. The lowest BCUT2D eigenvalue weighted by Gasteiger charge is -2.23. The number of hydrogen-bond donors (Lipinski definition) is 2. The molecule has 0 aliphatic carbocycles. The predicted molar refractivity (Wildman–Crippen MR) is 81.1 cm³/mol. The van der Waals surface area contributed by atoms with Crippen LogP contribution >= 0.6 is 0 Å². The first-order valence-corrected chi connectivity index (χ1v) is 6.70. The first kappa shape index (κ1) is 12.7. The predicted octanol–water partition coefficient (Wildman–Crippen LogP) is 4.07. The number of fused-ring (bicyclic) bond motifs is 3. The van der Waals surface area contributed by atoms with Gasteiger partial charge >= 0.3 is 5.97 Å². The van der Waals surface area contributed by atoms with Crippen LogP contribution in [0.15, 0.2) is 42.5 Å². The van der Waals surface area contributed by atoms with Gasteiger partial charge in [-0.05, 0) is 23.8 Å². The van der Waals surface area contributed by atoms with Crippen molar-refractivity contribution >= 4 is 27.8 Å². The Labute approximate surface area is 117 Å². The summed E-state index contributed by atoms with van der Waals surface area (Å²) in [5, 5.41) is 11.4. The summed E-state index contributed by atoms with van der Waals surface area (Å²) in [5.41, 5.74) is 2.87. The van der Waals surface area contributed by atoms with Crippen molar-refractivity contribution in [3.05, 3.63) is 48.0 Å². The molecular formula is C17H17NO2. The highest BCUT2D eigenvalue weighted by Crippen LogP contribution is 2.32. The summed E-state index contributed by atoms with van der Waals surface area (Å²) in [7, 11) is 0. The average molecular weight is 267 g/mol. The minimum Gasteiger partial charge on any atom is -0.481 e. The first-order chi connectivity index (χ1) is 9.47. The smallest absolute Gasteiger partial charge is 0.304 e. The van der Waals surface area contributed by atoms with Gasteiger partial charge in [0.15, 0.2) is 0 Å². The van der Waals surface area contributed by atoms with Crippen molar-refractivity contribution in [1.82, 2.24) is 4.98 Å². The molecule has 1 heterocycles. The number of aromatic nitrogens is 1. The van der Waals surface area contributed by atoms with Crippen LogP contribution in [0.3, 0.4) is 0 Å². The van der Waals surface area contributed by atoms with Crippen LogP contribution in [0.4, 0.5) is 0 Å². The molecule has 0 unspecified atom stereocenters. The molecule has 3 aromatic rings. The number of rotatable bonds is 3. The van der Waals surface area contributed by atoms with E-state index in [1.807, 2.05) is 38.1 Å². The lowest BCUT2D eigenvalue weighted by molar-refractivity contribution is -0.138. The van der Waals surface area contributed by atoms with Crippen molar-refractivity contribution < 1.29 is 9.90 Å². The Morgan fingerprint density at radius 2 is 1.80 bits per heavy atom. The number of carboxylic acid groups (broad SMARTS) is 1. The van der Waals surface area contributed by atoms with E-state index in [4.69, 9.17) is 5.11 Å². The van der Waals surface area contributed by atoms with Crippen LogP contribution in [-0.2, 0) is 10.2 Å². The van der Waals surface area contributed by atoms with Gasteiger partial charge in [0.25, 0.3) is 0 Å². The number of carbonyl (C=O) groups is 1. The molecule has 20 heavy (non-hydrogen) atoms. The molecule has 3 rings (SSSR count). The topological polar surface area (TPSA) is 53.1 Å². The van der Waals surface area contributed by atoms with Crippen molar-refractivity contribution in [3.63, 3.8) is 0 Å². The molecule has 3 heteroatoms. The normalized spacial score (nSPS) is 12.1. The van der Waals surface area contributed by atoms with Gasteiger partial charge in [0.2, 0.25) is 0 Å². The number of hydrogen-bond acceptors (Lipinski definition) is 1. The number of aromatic amines is 1. The molecule has 0 radical (unpaired) electrons. The van der Waals surface area contributed by atoms with Gasteiger partial charge in [0.1, 0.15) is 0 Å². The maximum atomic E-state index is 11.0. The van der Waals surface area contributed by atoms with Gasteiger partial charge in [-0.3, -0.25) is 4.79 Å². The van der Waals surface area contributed by atoms with Crippen LogP contribution in [0.1, 0.15) is 25.8 Å². The minimum atomic E-state index is -0.769.